The molecule has 0 aromatic carbocycles. The quantitative estimate of drug-likeness (QED) is 0.683. The molecule has 0 bridgehead atoms. The number of tetrazole rings is 1. The molecule has 2 heterocycles. The molecule has 1 aromatic rings. The highest BCUT2D eigenvalue weighted by molar-refractivity contribution is 5.23. The second-order valence-electron chi connectivity index (χ2n) is 3.85. The van der Waals surface area contributed by atoms with Crippen molar-refractivity contribution in [1.29, 1.82) is 0 Å². The normalized spacial score (nSPS) is 27.6. The summed E-state index contributed by atoms with van der Waals surface area (Å²) in [7, 11) is 1.84. The summed E-state index contributed by atoms with van der Waals surface area (Å²) < 4.78 is 1.66. The van der Waals surface area contributed by atoms with Gasteiger partial charge in [0.25, 0.3) is 0 Å². The van der Waals surface area contributed by atoms with Gasteiger partial charge in [-0.15, -0.1) is 0 Å². The Morgan fingerprint density at radius 3 is 3.07 bits per heavy atom. The van der Waals surface area contributed by atoms with Gasteiger partial charge >= 0.3 is 0 Å². The first-order chi connectivity index (χ1) is 6.75. The third-order valence-corrected chi connectivity index (χ3v) is 2.58. The molecule has 6 heteroatoms. The molecule has 6 nitrogen and oxygen atoms in total. The van der Waals surface area contributed by atoms with Crippen LogP contribution in [0.4, 0.5) is 5.95 Å². The second-order valence-corrected chi connectivity index (χ2v) is 3.85. The van der Waals surface area contributed by atoms with Crippen LogP contribution in [0.25, 0.3) is 0 Å². The summed E-state index contributed by atoms with van der Waals surface area (Å²) in [4.78, 5) is 0. The fourth-order valence-corrected chi connectivity index (χ4v) is 1.80. The first kappa shape index (κ1) is 9.39. The van der Waals surface area contributed by atoms with E-state index in [2.05, 4.69) is 33.1 Å². The van der Waals surface area contributed by atoms with Gasteiger partial charge in [0.2, 0.25) is 5.95 Å². The van der Waals surface area contributed by atoms with Crippen LogP contribution in [0.1, 0.15) is 19.8 Å². The van der Waals surface area contributed by atoms with Crippen molar-refractivity contribution in [2.75, 3.05) is 11.9 Å². The van der Waals surface area contributed by atoms with E-state index in [1.807, 2.05) is 7.05 Å². The van der Waals surface area contributed by atoms with Gasteiger partial charge in [0, 0.05) is 19.1 Å². The average molecular weight is 196 g/mol. The van der Waals surface area contributed by atoms with E-state index in [1.165, 1.54) is 0 Å². The largest absolute Gasteiger partial charge is 0.350 e. The predicted octanol–water partition coefficient (Wildman–Crippen LogP) is -0.238. The number of nitrogens with zero attached hydrogens (tertiary/aromatic N) is 4. The molecular weight excluding hydrogens is 180 g/mol. The van der Waals surface area contributed by atoms with E-state index in [4.69, 9.17) is 0 Å². The highest BCUT2D eigenvalue weighted by Crippen LogP contribution is 2.12. The van der Waals surface area contributed by atoms with E-state index in [-0.39, 0.29) is 0 Å². The lowest BCUT2D eigenvalue weighted by Gasteiger charge is -2.28. The summed E-state index contributed by atoms with van der Waals surface area (Å²) in [6, 6.07) is 1.05. The van der Waals surface area contributed by atoms with Crippen LogP contribution in [0.2, 0.25) is 0 Å². The Morgan fingerprint density at radius 2 is 2.43 bits per heavy atom. The highest BCUT2D eigenvalue weighted by Gasteiger charge is 2.19. The number of aryl methyl sites for hydroxylation is 1. The van der Waals surface area contributed by atoms with Crippen LogP contribution in [0.5, 0.6) is 0 Å². The summed E-state index contributed by atoms with van der Waals surface area (Å²) >= 11 is 0. The van der Waals surface area contributed by atoms with E-state index < -0.39 is 0 Å². The van der Waals surface area contributed by atoms with Crippen molar-refractivity contribution in [1.82, 2.24) is 25.5 Å². The maximum absolute atomic E-state index is 3.91. The van der Waals surface area contributed by atoms with Crippen LogP contribution >= 0.6 is 0 Å². The molecule has 2 atom stereocenters. The van der Waals surface area contributed by atoms with Crippen LogP contribution in [0.15, 0.2) is 0 Å². The fraction of sp³-hybridized carbons (Fsp3) is 0.875. The maximum atomic E-state index is 3.91. The Balaban J connectivity index is 1.94. The van der Waals surface area contributed by atoms with Gasteiger partial charge in [-0.2, -0.15) is 0 Å². The number of hydrogen-bond donors (Lipinski definition) is 2. The van der Waals surface area contributed by atoms with E-state index in [1.54, 1.807) is 4.68 Å². The molecule has 0 radical (unpaired) electrons. The smallest absolute Gasteiger partial charge is 0.242 e. The summed E-state index contributed by atoms with van der Waals surface area (Å²) in [5.74, 6) is 0.754. The summed E-state index contributed by atoms with van der Waals surface area (Å²) in [6.45, 7) is 3.26. The Kier molecular flexibility index (Phi) is 2.62. The number of piperidine rings is 1. The minimum Gasteiger partial charge on any atom is -0.350 e. The predicted molar refractivity (Wildman–Crippen MR) is 52.9 cm³/mol. The zero-order chi connectivity index (χ0) is 9.97. The third kappa shape index (κ3) is 2.01. The monoisotopic (exact) mass is 196 g/mol. The van der Waals surface area contributed by atoms with Crippen molar-refractivity contribution >= 4 is 5.95 Å². The fourth-order valence-electron chi connectivity index (χ4n) is 1.80. The van der Waals surface area contributed by atoms with Gasteiger partial charge in [0.15, 0.2) is 0 Å². The SMILES string of the molecule is CC1CC(Nc2nnnn2C)CCN1. The first-order valence-electron chi connectivity index (χ1n) is 4.98. The van der Waals surface area contributed by atoms with E-state index in [0.29, 0.717) is 12.1 Å². The Morgan fingerprint density at radius 1 is 1.57 bits per heavy atom. The molecule has 0 aliphatic carbocycles. The summed E-state index contributed by atoms with van der Waals surface area (Å²) in [6.07, 6.45) is 2.24. The number of nitrogens with one attached hydrogen (secondary N) is 2. The van der Waals surface area contributed by atoms with Gasteiger partial charge < -0.3 is 10.6 Å². The van der Waals surface area contributed by atoms with Crippen LogP contribution < -0.4 is 10.6 Å². The van der Waals surface area contributed by atoms with Gasteiger partial charge in [-0.25, -0.2) is 4.68 Å². The molecule has 2 unspecified atom stereocenters. The van der Waals surface area contributed by atoms with Gasteiger partial charge in [-0.3, -0.25) is 0 Å². The minimum atomic E-state index is 0.482. The molecule has 0 spiro atoms. The molecule has 2 rings (SSSR count). The molecular formula is C8H16N6. The maximum Gasteiger partial charge on any atom is 0.242 e. The zero-order valence-corrected chi connectivity index (χ0v) is 8.56. The van der Waals surface area contributed by atoms with Crippen molar-refractivity contribution in [2.24, 2.45) is 7.05 Å². The lowest BCUT2D eigenvalue weighted by molar-refractivity contribution is 0.394. The van der Waals surface area contributed by atoms with Gasteiger partial charge in [-0.05, 0) is 36.7 Å². The van der Waals surface area contributed by atoms with Crippen molar-refractivity contribution in [3.8, 4) is 0 Å². The average Bonchev–Trinajstić information content (AvgIpc) is 2.52. The van der Waals surface area contributed by atoms with Crippen molar-refractivity contribution in [2.45, 2.75) is 31.8 Å². The van der Waals surface area contributed by atoms with Crippen LogP contribution in [-0.4, -0.2) is 38.8 Å². The lowest BCUT2D eigenvalue weighted by atomic mass is 10.0. The zero-order valence-electron chi connectivity index (χ0n) is 8.56. The highest BCUT2D eigenvalue weighted by atomic mass is 15.6. The van der Waals surface area contributed by atoms with Gasteiger partial charge in [0.1, 0.15) is 0 Å². The molecule has 2 N–H and O–H groups in total. The van der Waals surface area contributed by atoms with Crippen molar-refractivity contribution in [3.05, 3.63) is 0 Å². The van der Waals surface area contributed by atoms with Crippen LogP contribution in [0.3, 0.4) is 0 Å². The topological polar surface area (TPSA) is 67.7 Å². The first-order valence-corrected chi connectivity index (χ1v) is 4.98. The number of hydrogen-bond acceptors (Lipinski definition) is 5. The molecule has 0 amide bonds. The molecule has 78 valence electrons. The van der Waals surface area contributed by atoms with Gasteiger partial charge in [0.05, 0.1) is 0 Å². The minimum absolute atomic E-state index is 0.482. The molecule has 1 aliphatic rings. The second kappa shape index (κ2) is 3.91. The van der Waals surface area contributed by atoms with Crippen LogP contribution in [-0.2, 0) is 7.05 Å². The molecule has 0 saturated carbocycles. The van der Waals surface area contributed by atoms with E-state index in [9.17, 15) is 0 Å². The molecule has 1 saturated heterocycles. The van der Waals surface area contributed by atoms with Crippen molar-refractivity contribution in [3.63, 3.8) is 0 Å². The molecule has 1 fully saturated rings. The van der Waals surface area contributed by atoms with Crippen molar-refractivity contribution < 1.29 is 0 Å². The van der Waals surface area contributed by atoms with Gasteiger partial charge in [-0.1, -0.05) is 5.10 Å². The standard InChI is InChI=1S/C8H16N6/c1-6-5-7(3-4-9-6)10-8-11-12-13-14(8)2/h6-7,9H,3-5H2,1-2H3,(H,10,11,13). The number of anilines is 1. The Labute approximate surface area is 83.1 Å². The van der Waals surface area contributed by atoms with E-state index >= 15 is 0 Å². The molecule has 1 aromatic heterocycles. The Hall–Kier alpha value is -1.17. The summed E-state index contributed by atoms with van der Waals surface area (Å²) in [5.41, 5.74) is 0. The third-order valence-electron chi connectivity index (χ3n) is 2.58. The number of aromatic nitrogens is 4. The summed E-state index contributed by atoms with van der Waals surface area (Å²) in [5, 5.41) is 18.0. The lowest BCUT2D eigenvalue weighted by Crippen LogP contribution is -2.41. The van der Waals surface area contributed by atoms with E-state index in [0.717, 1.165) is 25.3 Å². The Bertz CT molecular complexity index is 296. The van der Waals surface area contributed by atoms with Crippen LogP contribution in [0, 0.1) is 0 Å². The molecule has 14 heavy (non-hydrogen) atoms. The number of rotatable bonds is 2. The molecule has 1 aliphatic heterocycles.